The lowest BCUT2D eigenvalue weighted by Gasteiger charge is -2.34. The molecule has 1 aromatic rings. The number of benzene rings is 1. The molecule has 8 nitrogen and oxygen atoms in total. The number of hydrogen-bond acceptors (Lipinski definition) is 5. The molecule has 3 rings (SSSR count). The first-order valence-corrected chi connectivity index (χ1v) is 10.2. The number of anilines is 1. The van der Waals surface area contributed by atoms with Crippen molar-refractivity contribution in [2.45, 2.75) is 19.8 Å². The van der Waals surface area contributed by atoms with E-state index in [1.165, 1.54) is 0 Å². The summed E-state index contributed by atoms with van der Waals surface area (Å²) < 4.78 is 4.97. The highest BCUT2D eigenvalue weighted by molar-refractivity contribution is 5.98. The van der Waals surface area contributed by atoms with E-state index in [0.29, 0.717) is 58.0 Å². The van der Waals surface area contributed by atoms with Gasteiger partial charge in [0.1, 0.15) is 0 Å². The second-order valence-electron chi connectivity index (χ2n) is 7.53. The fourth-order valence-electron chi connectivity index (χ4n) is 3.86. The van der Waals surface area contributed by atoms with Gasteiger partial charge in [-0.1, -0.05) is 0 Å². The highest BCUT2D eigenvalue weighted by Gasteiger charge is 2.26. The Morgan fingerprint density at radius 3 is 2.55 bits per heavy atom. The average Bonchev–Trinajstić information content (AvgIpc) is 3.15. The van der Waals surface area contributed by atoms with Gasteiger partial charge >= 0.3 is 0 Å². The number of ether oxygens (including phenoxy) is 1. The molecule has 0 saturated carbocycles. The molecular formula is C21H30N4O4. The number of carbonyl (C=O) groups is 3. The number of fused-ring (bicyclic) bond motifs is 1. The van der Waals surface area contributed by atoms with Crippen molar-refractivity contribution in [1.29, 1.82) is 0 Å². The minimum Gasteiger partial charge on any atom is -0.385 e. The lowest BCUT2D eigenvalue weighted by Crippen LogP contribution is -2.51. The van der Waals surface area contributed by atoms with E-state index >= 15 is 0 Å². The van der Waals surface area contributed by atoms with Gasteiger partial charge < -0.3 is 19.9 Å². The smallest absolute Gasteiger partial charge is 0.253 e. The van der Waals surface area contributed by atoms with E-state index in [4.69, 9.17) is 4.74 Å². The number of nitrogens with zero attached hydrogens (tertiary/aromatic N) is 3. The van der Waals surface area contributed by atoms with Crippen LogP contribution in [-0.4, -0.2) is 87.1 Å². The van der Waals surface area contributed by atoms with Gasteiger partial charge in [-0.05, 0) is 36.6 Å². The predicted octanol–water partition coefficient (Wildman–Crippen LogP) is 0.506. The van der Waals surface area contributed by atoms with Crippen LogP contribution in [0.1, 0.15) is 29.3 Å². The lowest BCUT2D eigenvalue weighted by molar-refractivity contribution is -0.122. The zero-order valence-electron chi connectivity index (χ0n) is 17.3. The molecule has 0 aromatic heterocycles. The molecule has 1 saturated heterocycles. The first kappa shape index (κ1) is 21.3. The number of rotatable bonds is 7. The van der Waals surface area contributed by atoms with Gasteiger partial charge in [-0.15, -0.1) is 0 Å². The summed E-state index contributed by atoms with van der Waals surface area (Å²) >= 11 is 0. The monoisotopic (exact) mass is 402 g/mol. The maximum atomic E-state index is 12.9. The molecule has 158 valence electrons. The van der Waals surface area contributed by atoms with Gasteiger partial charge in [-0.25, -0.2) is 0 Å². The van der Waals surface area contributed by atoms with Gasteiger partial charge in [-0.3, -0.25) is 19.3 Å². The van der Waals surface area contributed by atoms with E-state index in [2.05, 4.69) is 10.2 Å². The summed E-state index contributed by atoms with van der Waals surface area (Å²) in [6.07, 6.45) is 1.58. The summed E-state index contributed by atoms with van der Waals surface area (Å²) in [5.41, 5.74) is 2.63. The van der Waals surface area contributed by atoms with Crippen LogP contribution in [0.15, 0.2) is 18.2 Å². The van der Waals surface area contributed by atoms with Crippen molar-refractivity contribution in [2.24, 2.45) is 0 Å². The first-order chi connectivity index (χ1) is 14.0. The van der Waals surface area contributed by atoms with E-state index in [1.807, 2.05) is 23.1 Å². The molecule has 0 bridgehead atoms. The Labute approximate surface area is 171 Å². The zero-order valence-corrected chi connectivity index (χ0v) is 17.3. The second-order valence-corrected chi connectivity index (χ2v) is 7.53. The van der Waals surface area contributed by atoms with E-state index in [9.17, 15) is 14.4 Å². The molecular weight excluding hydrogens is 372 g/mol. The number of carbonyl (C=O) groups excluding carboxylic acids is 3. The Morgan fingerprint density at radius 2 is 1.86 bits per heavy atom. The van der Waals surface area contributed by atoms with Crippen molar-refractivity contribution >= 4 is 23.4 Å². The van der Waals surface area contributed by atoms with E-state index in [-0.39, 0.29) is 17.7 Å². The third-order valence-corrected chi connectivity index (χ3v) is 5.48. The van der Waals surface area contributed by atoms with Crippen LogP contribution in [0.3, 0.4) is 0 Å². The molecule has 0 atom stereocenters. The standard InChI is InChI=1S/C21H30N4O4/c1-16(26)25-8-6-17-14-18(4-5-19(17)25)21(28)24-11-9-23(10-12-24)15-20(27)22-7-3-13-29-2/h4-5,14H,3,6-13,15H2,1-2H3,(H,22,27). The van der Waals surface area contributed by atoms with Crippen LogP contribution in [0.5, 0.6) is 0 Å². The normalized spacial score (nSPS) is 16.6. The van der Waals surface area contributed by atoms with Crippen LogP contribution >= 0.6 is 0 Å². The highest BCUT2D eigenvalue weighted by atomic mass is 16.5. The Bertz CT molecular complexity index is 759. The molecule has 1 fully saturated rings. The topological polar surface area (TPSA) is 82.2 Å². The Balaban J connectivity index is 1.48. The van der Waals surface area contributed by atoms with E-state index in [0.717, 1.165) is 24.1 Å². The minimum absolute atomic E-state index is 0.00882. The summed E-state index contributed by atoms with van der Waals surface area (Å²) in [6, 6.07) is 5.60. The van der Waals surface area contributed by atoms with Gasteiger partial charge in [0, 0.05) is 71.2 Å². The van der Waals surface area contributed by atoms with Crippen molar-refractivity contribution in [2.75, 3.05) is 64.4 Å². The van der Waals surface area contributed by atoms with Gasteiger partial charge in [0.2, 0.25) is 11.8 Å². The van der Waals surface area contributed by atoms with Crippen LogP contribution in [0, 0.1) is 0 Å². The number of amides is 3. The molecule has 2 heterocycles. The molecule has 8 heteroatoms. The third kappa shape index (κ3) is 5.33. The largest absolute Gasteiger partial charge is 0.385 e. The van der Waals surface area contributed by atoms with Crippen LogP contribution in [0.4, 0.5) is 5.69 Å². The summed E-state index contributed by atoms with van der Waals surface area (Å²) in [5, 5.41) is 2.89. The fraction of sp³-hybridized carbons (Fsp3) is 0.571. The molecule has 2 aliphatic heterocycles. The van der Waals surface area contributed by atoms with Gasteiger partial charge in [0.05, 0.1) is 6.54 Å². The van der Waals surface area contributed by atoms with Gasteiger partial charge in [-0.2, -0.15) is 0 Å². The number of methoxy groups -OCH3 is 1. The highest BCUT2D eigenvalue weighted by Crippen LogP contribution is 2.29. The van der Waals surface area contributed by atoms with Crippen LogP contribution in [0.2, 0.25) is 0 Å². The molecule has 1 N–H and O–H groups in total. The molecule has 0 radical (unpaired) electrons. The van der Waals surface area contributed by atoms with Crippen molar-refractivity contribution in [3.63, 3.8) is 0 Å². The fourth-order valence-corrected chi connectivity index (χ4v) is 3.86. The van der Waals surface area contributed by atoms with Crippen molar-refractivity contribution in [1.82, 2.24) is 15.1 Å². The summed E-state index contributed by atoms with van der Waals surface area (Å²) in [5.74, 6) is 0.0500. The minimum atomic E-state index is 0.00882. The van der Waals surface area contributed by atoms with Crippen molar-refractivity contribution in [3.05, 3.63) is 29.3 Å². The van der Waals surface area contributed by atoms with Crippen molar-refractivity contribution < 1.29 is 19.1 Å². The maximum Gasteiger partial charge on any atom is 0.253 e. The van der Waals surface area contributed by atoms with Gasteiger partial charge in [0.25, 0.3) is 5.91 Å². The summed E-state index contributed by atoms with van der Waals surface area (Å²) in [6.45, 7) is 6.41. The Kier molecular flexibility index (Phi) is 7.22. The van der Waals surface area contributed by atoms with Crippen LogP contribution in [-0.2, 0) is 20.7 Å². The molecule has 1 aromatic carbocycles. The SMILES string of the molecule is COCCCNC(=O)CN1CCN(C(=O)c2ccc3c(c2)CCN3C(C)=O)CC1. The quantitative estimate of drug-likeness (QED) is 0.672. The number of nitrogens with one attached hydrogen (secondary N) is 1. The predicted molar refractivity (Wildman–Crippen MR) is 110 cm³/mol. The van der Waals surface area contributed by atoms with Gasteiger partial charge in [0.15, 0.2) is 0 Å². The molecule has 0 aliphatic carbocycles. The second kappa shape index (κ2) is 9.84. The Hall–Kier alpha value is -2.45. The third-order valence-electron chi connectivity index (χ3n) is 5.48. The summed E-state index contributed by atoms with van der Waals surface area (Å²) in [4.78, 5) is 42.2. The molecule has 3 amide bonds. The lowest BCUT2D eigenvalue weighted by atomic mass is 10.1. The van der Waals surface area contributed by atoms with E-state index < -0.39 is 0 Å². The number of hydrogen-bond donors (Lipinski definition) is 1. The maximum absolute atomic E-state index is 12.9. The number of piperazine rings is 1. The first-order valence-electron chi connectivity index (χ1n) is 10.2. The van der Waals surface area contributed by atoms with Crippen molar-refractivity contribution in [3.8, 4) is 0 Å². The van der Waals surface area contributed by atoms with Crippen LogP contribution in [0.25, 0.3) is 0 Å². The van der Waals surface area contributed by atoms with E-state index in [1.54, 1.807) is 18.9 Å². The summed E-state index contributed by atoms with van der Waals surface area (Å²) in [7, 11) is 1.64. The Morgan fingerprint density at radius 1 is 1.10 bits per heavy atom. The molecule has 0 spiro atoms. The molecule has 29 heavy (non-hydrogen) atoms. The average molecular weight is 402 g/mol. The molecule has 0 unspecified atom stereocenters. The van der Waals surface area contributed by atoms with Crippen LogP contribution < -0.4 is 10.2 Å². The molecule has 2 aliphatic rings. The zero-order chi connectivity index (χ0) is 20.8.